The van der Waals surface area contributed by atoms with Crippen molar-refractivity contribution >= 4 is 11.6 Å². The molecule has 1 heterocycles. The number of rotatable bonds is 8. The Bertz CT molecular complexity index is 1280. The molecule has 1 N–H and O–H groups in total. The second-order valence-electron chi connectivity index (χ2n) is 7.07. The molecule has 9 heteroatoms. The third-order valence-corrected chi connectivity index (χ3v) is 5.10. The predicted octanol–water partition coefficient (Wildman–Crippen LogP) is 4.69. The molecular weight excluding hydrogens is 438 g/mol. The zero-order chi connectivity index (χ0) is 24.1. The highest BCUT2D eigenvalue weighted by atomic mass is 16.5. The van der Waals surface area contributed by atoms with Gasteiger partial charge in [0.1, 0.15) is 5.75 Å². The second kappa shape index (κ2) is 9.95. The van der Waals surface area contributed by atoms with Gasteiger partial charge in [-0.3, -0.25) is 4.79 Å². The first-order valence-corrected chi connectivity index (χ1v) is 10.3. The van der Waals surface area contributed by atoms with Crippen LogP contribution in [0.4, 0.5) is 5.69 Å². The fourth-order valence-electron chi connectivity index (χ4n) is 3.40. The Morgan fingerprint density at radius 2 is 1.53 bits per heavy atom. The molecule has 0 aliphatic rings. The van der Waals surface area contributed by atoms with E-state index in [1.165, 1.54) is 21.3 Å². The van der Waals surface area contributed by atoms with Crippen LogP contribution in [0.5, 0.6) is 23.0 Å². The van der Waals surface area contributed by atoms with Gasteiger partial charge in [0.15, 0.2) is 11.5 Å². The fraction of sp³-hybridized carbons (Fsp3) is 0.160. The first-order valence-electron chi connectivity index (χ1n) is 10.3. The average molecular weight is 461 g/mol. The van der Waals surface area contributed by atoms with E-state index in [4.69, 9.17) is 23.5 Å². The van der Waals surface area contributed by atoms with E-state index in [-0.39, 0.29) is 11.8 Å². The van der Waals surface area contributed by atoms with Crippen molar-refractivity contribution < 1.29 is 28.3 Å². The second-order valence-corrected chi connectivity index (χ2v) is 7.07. The van der Waals surface area contributed by atoms with E-state index in [0.717, 1.165) is 0 Å². The Morgan fingerprint density at radius 1 is 0.853 bits per heavy atom. The average Bonchev–Trinajstić information content (AvgIpc) is 3.38. The van der Waals surface area contributed by atoms with Crippen LogP contribution < -0.4 is 24.3 Å². The summed E-state index contributed by atoms with van der Waals surface area (Å²) in [5.74, 6) is 2.27. The number of hydrogen-bond acceptors (Lipinski definition) is 8. The zero-order valence-electron chi connectivity index (χ0n) is 19.1. The Balaban J connectivity index is 1.65. The van der Waals surface area contributed by atoms with Crippen molar-refractivity contribution in [3.05, 3.63) is 66.2 Å². The van der Waals surface area contributed by atoms with Crippen LogP contribution in [0, 0.1) is 0 Å². The van der Waals surface area contributed by atoms with Crippen molar-refractivity contribution in [2.75, 3.05) is 33.8 Å². The van der Waals surface area contributed by atoms with Gasteiger partial charge in [0.05, 0.1) is 39.6 Å². The monoisotopic (exact) mass is 461 g/mol. The number of benzene rings is 3. The van der Waals surface area contributed by atoms with Crippen molar-refractivity contribution in [2.24, 2.45) is 0 Å². The summed E-state index contributed by atoms with van der Waals surface area (Å²) in [5, 5.41) is 6.96. The van der Waals surface area contributed by atoms with E-state index in [9.17, 15) is 4.79 Å². The first-order chi connectivity index (χ1) is 16.6. The molecular formula is C25H23N3O6. The Kier molecular flexibility index (Phi) is 6.63. The van der Waals surface area contributed by atoms with Crippen molar-refractivity contribution in [1.29, 1.82) is 0 Å². The molecule has 4 aromatic rings. The number of amides is 1. The molecule has 0 fully saturated rings. The van der Waals surface area contributed by atoms with E-state index in [1.807, 2.05) is 0 Å². The molecule has 1 amide bonds. The van der Waals surface area contributed by atoms with E-state index in [0.29, 0.717) is 51.2 Å². The fourth-order valence-corrected chi connectivity index (χ4v) is 3.40. The van der Waals surface area contributed by atoms with E-state index in [1.54, 1.807) is 67.8 Å². The van der Waals surface area contributed by atoms with Gasteiger partial charge in [-0.25, -0.2) is 0 Å². The van der Waals surface area contributed by atoms with Crippen molar-refractivity contribution in [3.8, 4) is 45.8 Å². The number of anilines is 1. The highest BCUT2D eigenvalue weighted by Crippen LogP contribution is 2.41. The lowest BCUT2D eigenvalue weighted by Crippen LogP contribution is -2.13. The minimum Gasteiger partial charge on any atom is -0.497 e. The predicted molar refractivity (Wildman–Crippen MR) is 126 cm³/mol. The van der Waals surface area contributed by atoms with E-state index in [2.05, 4.69) is 15.5 Å². The molecule has 0 saturated heterocycles. The Hall–Kier alpha value is -4.53. The number of hydrogen-bond donors (Lipinski definition) is 1. The van der Waals surface area contributed by atoms with Crippen molar-refractivity contribution in [2.45, 2.75) is 0 Å². The lowest BCUT2D eigenvalue weighted by atomic mass is 10.1. The number of aromatic nitrogens is 2. The quantitative estimate of drug-likeness (QED) is 0.403. The van der Waals surface area contributed by atoms with Crippen LogP contribution >= 0.6 is 0 Å². The highest BCUT2D eigenvalue weighted by molar-refractivity contribution is 6.08. The molecule has 4 rings (SSSR count). The number of carbonyl (C=O) groups is 1. The normalized spacial score (nSPS) is 10.5. The molecule has 174 valence electrons. The molecule has 0 radical (unpaired) electrons. The molecule has 0 unspecified atom stereocenters. The summed E-state index contributed by atoms with van der Waals surface area (Å²) in [6.45, 7) is 0. The summed E-state index contributed by atoms with van der Waals surface area (Å²) in [6.07, 6.45) is 0. The third kappa shape index (κ3) is 4.49. The molecule has 0 spiro atoms. The Morgan fingerprint density at radius 3 is 2.15 bits per heavy atom. The third-order valence-electron chi connectivity index (χ3n) is 5.10. The molecule has 0 bridgehead atoms. The molecule has 9 nitrogen and oxygen atoms in total. The SMILES string of the molecule is COc1ccc(NC(=O)c2ccccc2-c2nc(-c3cc(OC)c(OC)c(OC)c3)no2)cc1. The summed E-state index contributed by atoms with van der Waals surface area (Å²) < 4.78 is 26.8. The minimum absolute atomic E-state index is 0.198. The summed E-state index contributed by atoms with van der Waals surface area (Å²) in [7, 11) is 6.17. The molecule has 1 aromatic heterocycles. The lowest BCUT2D eigenvalue weighted by molar-refractivity contribution is 0.102. The van der Waals surface area contributed by atoms with Gasteiger partial charge in [-0.15, -0.1) is 0 Å². The largest absolute Gasteiger partial charge is 0.497 e. The molecule has 0 aliphatic heterocycles. The van der Waals surface area contributed by atoms with Gasteiger partial charge < -0.3 is 28.8 Å². The van der Waals surface area contributed by atoms with Crippen LogP contribution in [0.15, 0.2) is 65.2 Å². The van der Waals surface area contributed by atoms with E-state index < -0.39 is 0 Å². The van der Waals surface area contributed by atoms with Crippen LogP contribution in [-0.2, 0) is 0 Å². The lowest BCUT2D eigenvalue weighted by Gasteiger charge is -2.12. The van der Waals surface area contributed by atoms with Gasteiger partial charge in [0, 0.05) is 11.3 Å². The number of nitrogens with zero attached hydrogens (tertiary/aromatic N) is 2. The van der Waals surface area contributed by atoms with Crippen LogP contribution in [0.2, 0.25) is 0 Å². The number of carbonyl (C=O) groups excluding carboxylic acids is 1. The maximum atomic E-state index is 13.0. The summed E-state index contributed by atoms with van der Waals surface area (Å²) >= 11 is 0. The van der Waals surface area contributed by atoms with Crippen LogP contribution in [-0.4, -0.2) is 44.5 Å². The highest BCUT2D eigenvalue weighted by Gasteiger charge is 2.21. The topological polar surface area (TPSA) is 105 Å². The summed E-state index contributed by atoms with van der Waals surface area (Å²) in [5.41, 5.74) is 2.12. The van der Waals surface area contributed by atoms with Crippen LogP contribution in [0.1, 0.15) is 10.4 Å². The number of ether oxygens (including phenoxy) is 4. The van der Waals surface area contributed by atoms with Gasteiger partial charge in [-0.1, -0.05) is 17.3 Å². The summed E-state index contributed by atoms with van der Waals surface area (Å²) in [6, 6.07) is 17.5. The summed E-state index contributed by atoms with van der Waals surface area (Å²) in [4.78, 5) is 17.5. The maximum Gasteiger partial charge on any atom is 0.259 e. The molecule has 3 aromatic carbocycles. The van der Waals surface area contributed by atoms with Crippen molar-refractivity contribution in [1.82, 2.24) is 10.1 Å². The van der Waals surface area contributed by atoms with E-state index >= 15 is 0 Å². The molecule has 0 aliphatic carbocycles. The van der Waals surface area contributed by atoms with Crippen molar-refractivity contribution in [3.63, 3.8) is 0 Å². The van der Waals surface area contributed by atoms with Crippen LogP contribution in [0.3, 0.4) is 0 Å². The number of nitrogens with one attached hydrogen (secondary N) is 1. The van der Waals surface area contributed by atoms with Gasteiger partial charge in [0.25, 0.3) is 11.8 Å². The first kappa shape index (κ1) is 22.7. The van der Waals surface area contributed by atoms with Gasteiger partial charge in [-0.05, 0) is 48.5 Å². The van der Waals surface area contributed by atoms with Gasteiger partial charge in [0.2, 0.25) is 11.6 Å². The Labute approximate surface area is 196 Å². The molecule has 34 heavy (non-hydrogen) atoms. The van der Waals surface area contributed by atoms with Gasteiger partial charge in [-0.2, -0.15) is 4.98 Å². The van der Waals surface area contributed by atoms with Crippen LogP contribution in [0.25, 0.3) is 22.8 Å². The zero-order valence-corrected chi connectivity index (χ0v) is 19.1. The standard InChI is InChI=1S/C25H23N3O6/c1-30-17-11-9-16(10-12-17)26-24(29)18-7-5-6-8-19(18)25-27-23(28-34-25)15-13-20(31-2)22(33-4)21(14-15)32-3/h5-14H,1-4H3,(H,26,29). The smallest absolute Gasteiger partial charge is 0.259 e. The van der Waals surface area contributed by atoms with Gasteiger partial charge >= 0.3 is 0 Å². The minimum atomic E-state index is -0.312. The molecule has 0 atom stereocenters. The molecule has 0 saturated carbocycles. The maximum absolute atomic E-state index is 13.0. The number of methoxy groups -OCH3 is 4.